The number of unbranched alkanes of at least 4 members (excludes halogenated alkanes) is 1. The van der Waals surface area contributed by atoms with Crippen LogP contribution in [-0.4, -0.2) is 50.2 Å². The lowest BCUT2D eigenvalue weighted by Gasteiger charge is -2.23. The van der Waals surface area contributed by atoms with Gasteiger partial charge in [-0.1, -0.05) is 32.0 Å². The van der Waals surface area contributed by atoms with Crippen molar-refractivity contribution in [3.05, 3.63) is 5.82 Å². The molecule has 0 fully saturated rings. The van der Waals surface area contributed by atoms with Crippen molar-refractivity contribution >= 4 is 11.8 Å². The molecular formula is C15H30N4OS. The van der Waals surface area contributed by atoms with Crippen molar-refractivity contribution in [2.45, 2.75) is 70.3 Å². The van der Waals surface area contributed by atoms with E-state index in [0.29, 0.717) is 5.75 Å². The van der Waals surface area contributed by atoms with Gasteiger partial charge in [0, 0.05) is 12.3 Å². The molecule has 0 bridgehead atoms. The Morgan fingerprint density at radius 3 is 2.43 bits per heavy atom. The Bertz CT molecular complexity index is 426. The molecule has 1 N–H and O–H groups in total. The van der Waals surface area contributed by atoms with Crippen LogP contribution in [0.15, 0.2) is 5.16 Å². The van der Waals surface area contributed by atoms with Crippen molar-refractivity contribution in [1.82, 2.24) is 19.7 Å². The van der Waals surface area contributed by atoms with E-state index in [9.17, 15) is 5.11 Å². The normalized spacial score (nSPS) is 13.9. The zero-order valence-corrected chi connectivity index (χ0v) is 15.1. The monoisotopic (exact) mass is 314 g/mol. The van der Waals surface area contributed by atoms with Crippen LogP contribution >= 0.6 is 11.8 Å². The largest absolute Gasteiger partial charge is 0.390 e. The van der Waals surface area contributed by atoms with Crippen LogP contribution in [0.4, 0.5) is 0 Å². The molecule has 6 heteroatoms. The fourth-order valence-corrected chi connectivity index (χ4v) is 3.12. The average molecular weight is 314 g/mol. The fraction of sp³-hybridized carbons (Fsp3) is 0.867. The lowest BCUT2D eigenvalue weighted by molar-refractivity contribution is 0.107. The van der Waals surface area contributed by atoms with E-state index in [4.69, 9.17) is 0 Å². The SMILES string of the molecule is CCCCn1c(SCC(C)(C)O)nnc1[C@@H](CC)N(C)C. The Hall–Kier alpha value is -0.590. The van der Waals surface area contributed by atoms with Crippen LogP contribution in [0.2, 0.25) is 0 Å². The zero-order chi connectivity index (χ0) is 16.0. The van der Waals surface area contributed by atoms with E-state index in [-0.39, 0.29) is 6.04 Å². The second-order valence-corrected chi connectivity index (χ2v) is 7.28. The van der Waals surface area contributed by atoms with Crippen molar-refractivity contribution < 1.29 is 5.11 Å². The molecule has 1 aromatic heterocycles. The first-order valence-electron chi connectivity index (χ1n) is 7.74. The molecule has 1 heterocycles. The summed E-state index contributed by atoms with van der Waals surface area (Å²) in [5.74, 6) is 1.66. The average Bonchev–Trinajstić information content (AvgIpc) is 2.76. The highest BCUT2D eigenvalue weighted by Gasteiger charge is 2.23. The Labute approximate surface area is 133 Å². The molecule has 0 spiro atoms. The molecular weight excluding hydrogens is 284 g/mol. The summed E-state index contributed by atoms with van der Waals surface area (Å²) >= 11 is 1.59. The molecule has 0 aliphatic carbocycles. The van der Waals surface area contributed by atoms with Gasteiger partial charge >= 0.3 is 0 Å². The minimum atomic E-state index is -0.696. The van der Waals surface area contributed by atoms with Gasteiger partial charge in [-0.2, -0.15) is 0 Å². The molecule has 0 saturated carbocycles. The minimum absolute atomic E-state index is 0.283. The molecule has 1 atom stereocenters. The van der Waals surface area contributed by atoms with Crippen molar-refractivity contribution in [3.8, 4) is 0 Å². The van der Waals surface area contributed by atoms with Crippen LogP contribution in [0.1, 0.15) is 58.8 Å². The van der Waals surface area contributed by atoms with Gasteiger partial charge in [-0.05, 0) is 40.8 Å². The van der Waals surface area contributed by atoms with E-state index in [0.717, 1.165) is 36.8 Å². The molecule has 0 radical (unpaired) electrons. The summed E-state index contributed by atoms with van der Waals surface area (Å²) in [4.78, 5) is 2.19. The summed E-state index contributed by atoms with van der Waals surface area (Å²) in [6.07, 6.45) is 3.27. The number of thioether (sulfide) groups is 1. The summed E-state index contributed by atoms with van der Waals surface area (Å²) in [7, 11) is 4.16. The van der Waals surface area contributed by atoms with Gasteiger partial charge in [0.25, 0.3) is 0 Å². The summed E-state index contributed by atoms with van der Waals surface area (Å²) in [5.41, 5.74) is -0.696. The van der Waals surface area contributed by atoms with E-state index in [1.807, 2.05) is 13.8 Å². The second kappa shape index (κ2) is 8.15. The minimum Gasteiger partial charge on any atom is -0.390 e. The standard InChI is InChI=1S/C15H30N4OS/c1-7-9-10-19-13(12(8-2)18(5)6)16-17-14(19)21-11-15(3,4)20/h12,20H,7-11H2,1-6H3/t12-/m1/s1. The molecule has 0 amide bonds. The Morgan fingerprint density at radius 1 is 1.29 bits per heavy atom. The molecule has 122 valence electrons. The maximum absolute atomic E-state index is 9.91. The second-order valence-electron chi connectivity index (χ2n) is 6.33. The topological polar surface area (TPSA) is 54.2 Å². The van der Waals surface area contributed by atoms with Gasteiger partial charge in [0.05, 0.1) is 11.6 Å². The van der Waals surface area contributed by atoms with Gasteiger partial charge in [0.2, 0.25) is 0 Å². The third-order valence-corrected chi connectivity index (χ3v) is 4.75. The quantitative estimate of drug-likeness (QED) is 0.710. The maximum atomic E-state index is 9.91. The lowest BCUT2D eigenvalue weighted by Crippen LogP contribution is -2.24. The van der Waals surface area contributed by atoms with E-state index < -0.39 is 5.60 Å². The van der Waals surface area contributed by atoms with Crippen LogP contribution < -0.4 is 0 Å². The summed E-state index contributed by atoms with van der Waals surface area (Å²) in [6, 6.07) is 0.283. The number of aliphatic hydroxyl groups is 1. The molecule has 0 aliphatic heterocycles. The highest BCUT2D eigenvalue weighted by Crippen LogP contribution is 2.27. The summed E-state index contributed by atoms with van der Waals surface area (Å²) in [6.45, 7) is 8.95. The Kier molecular flexibility index (Phi) is 7.16. The first-order valence-corrected chi connectivity index (χ1v) is 8.73. The number of hydrogen-bond donors (Lipinski definition) is 1. The van der Waals surface area contributed by atoms with E-state index in [1.165, 1.54) is 0 Å². The van der Waals surface area contributed by atoms with Crippen molar-refractivity contribution in [2.75, 3.05) is 19.8 Å². The van der Waals surface area contributed by atoms with Crippen molar-refractivity contribution in [3.63, 3.8) is 0 Å². The highest BCUT2D eigenvalue weighted by molar-refractivity contribution is 7.99. The third-order valence-electron chi connectivity index (χ3n) is 3.34. The summed E-state index contributed by atoms with van der Waals surface area (Å²) < 4.78 is 2.23. The highest BCUT2D eigenvalue weighted by atomic mass is 32.2. The third kappa shape index (κ3) is 5.60. The lowest BCUT2D eigenvalue weighted by atomic mass is 10.2. The molecule has 0 aromatic carbocycles. The van der Waals surface area contributed by atoms with Gasteiger partial charge in [0.1, 0.15) is 0 Å². The predicted octanol–water partition coefficient (Wildman–Crippen LogP) is 2.95. The van der Waals surface area contributed by atoms with E-state index in [2.05, 4.69) is 47.6 Å². The number of aromatic nitrogens is 3. The molecule has 1 rings (SSSR count). The molecule has 21 heavy (non-hydrogen) atoms. The molecule has 5 nitrogen and oxygen atoms in total. The number of nitrogens with zero attached hydrogens (tertiary/aromatic N) is 4. The predicted molar refractivity (Wildman–Crippen MR) is 88.7 cm³/mol. The van der Waals surface area contributed by atoms with Crippen molar-refractivity contribution in [1.29, 1.82) is 0 Å². The molecule has 0 saturated heterocycles. The zero-order valence-electron chi connectivity index (χ0n) is 14.3. The van der Waals surface area contributed by atoms with E-state index in [1.54, 1.807) is 11.8 Å². The molecule has 0 unspecified atom stereocenters. The van der Waals surface area contributed by atoms with Gasteiger partial charge in [-0.15, -0.1) is 10.2 Å². The van der Waals surface area contributed by atoms with Crippen LogP contribution in [0.25, 0.3) is 0 Å². The van der Waals surface area contributed by atoms with Gasteiger partial charge in [-0.3, -0.25) is 4.90 Å². The van der Waals surface area contributed by atoms with Crippen LogP contribution in [0.5, 0.6) is 0 Å². The first kappa shape index (κ1) is 18.5. The van der Waals surface area contributed by atoms with Gasteiger partial charge in [-0.25, -0.2) is 0 Å². The fourth-order valence-electron chi connectivity index (χ4n) is 2.20. The summed E-state index contributed by atoms with van der Waals surface area (Å²) in [5, 5.41) is 19.6. The smallest absolute Gasteiger partial charge is 0.191 e. The van der Waals surface area contributed by atoms with Gasteiger partial charge in [0.15, 0.2) is 11.0 Å². The Balaban J connectivity index is 3.00. The molecule has 0 aliphatic rings. The van der Waals surface area contributed by atoms with Gasteiger partial charge < -0.3 is 9.67 Å². The van der Waals surface area contributed by atoms with Crippen LogP contribution in [0, 0.1) is 0 Å². The molecule has 1 aromatic rings. The van der Waals surface area contributed by atoms with Crippen LogP contribution in [0.3, 0.4) is 0 Å². The maximum Gasteiger partial charge on any atom is 0.191 e. The van der Waals surface area contributed by atoms with E-state index >= 15 is 0 Å². The van der Waals surface area contributed by atoms with Crippen LogP contribution in [-0.2, 0) is 6.54 Å². The van der Waals surface area contributed by atoms with Crippen molar-refractivity contribution in [2.24, 2.45) is 0 Å². The number of hydrogen-bond acceptors (Lipinski definition) is 5. The number of rotatable bonds is 9. The Morgan fingerprint density at radius 2 is 1.95 bits per heavy atom. The first-order chi connectivity index (χ1) is 9.80.